The molecule has 0 radical (unpaired) electrons. The topological polar surface area (TPSA) is 45.2 Å². The molecule has 4 nitrogen and oxygen atoms in total. The van der Waals surface area contributed by atoms with E-state index < -0.39 is 0 Å². The van der Waals surface area contributed by atoms with Crippen molar-refractivity contribution in [3.63, 3.8) is 0 Å². The smallest absolute Gasteiger partial charge is 0.225 e. The predicted molar refractivity (Wildman–Crippen MR) is 67.6 cm³/mol. The van der Waals surface area contributed by atoms with Gasteiger partial charge >= 0.3 is 0 Å². The molecular formula is C13H19N3O. The largest absolute Gasteiger partial charge is 0.373 e. The van der Waals surface area contributed by atoms with Gasteiger partial charge in [0, 0.05) is 19.5 Å². The standard InChI is InChI=1S/C13H19N3O/c1-10-5-4-8-16(13(10)17)9-11-6-3-7-12(14-2)15-11/h3,6-7,10H,4-5,8-9H2,1-2H3,(H,14,15). The maximum atomic E-state index is 12.0. The van der Waals surface area contributed by atoms with E-state index in [-0.39, 0.29) is 11.8 Å². The molecule has 1 aromatic rings. The fourth-order valence-corrected chi connectivity index (χ4v) is 2.19. The third-order valence-electron chi connectivity index (χ3n) is 3.21. The molecule has 0 saturated carbocycles. The number of nitrogens with one attached hydrogen (secondary N) is 1. The van der Waals surface area contributed by atoms with E-state index in [1.54, 1.807) is 0 Å². The van der Waals surface area contributed by atoms with Crippen LogP contribution in [0.1, 0.15) is 25.5 Å². The zero-order valence-corrected chi connectivity index (χ0v) is 10.4. The lowest BCUT2D eigenvalue weighted by atomic mass is 9.99. The lowest BCUT2D eigenvalue weighted by Gasteiger charge is -2.30. The Morgan fingerprint density at radius 2 is 2.35 bits per heavy atom. The van der Waals surface area contributed by atoms with Crippen molar-refractivity contribution < 1.29 is 4.79 Å². The highest BCUT2D eigenvalue weighted by Crippen LogP contribution is 2.19. The number of nitrogens with zero attached hydrogens (tertiary/aromatic N) is 2. The molecule has 92 valence electrons. The second kappa shape index (κ2) is 5.17. The van der Waals surface area contributed by atoms with Gasteiger partial charge in [-0.05, 0) is 25.0 Å². The number of hydrogen-bond acceptors (Lipinski definition) is 3. The SMILES string of the molecule is CNc1cccc(CN2CCCC(C)C2=O)n1. The number of likely N-dealkylation sites (tertiary alicyclic amines) is 1. The van der Waals surface area contributed by atoms with Crippen LogP contribution in [0.15, 0.2) is 18.2 Å². The Morgan fingerprint density at radius 1 is 1.53 bits per heavy atom. The second-order valence-electron chi connectivity index (χ2n) is 4.57. The Hall–Kier alpha value is -1.58. The fraction of sp³-hybridized carbons (Fsp3) is 0.538. The van der Waals surface area contributed by atoms with Gasteiger partial charge in [0.25, 0.3) is 0 Å². The van der Waals surface area contributed by atoms with Crippen LogP contribution in [0.3, 0.4) is 0 Å². The molecule has 1 aliphatic rings. The second-order valence-corrected chi connectivity index (χ2v) is 4.57. The molecule has 1 fully saturated rings. The number of amides is 1. The van der Waals surface area contributed by atoms with Gasteiger partial charge in [-0.15, -0.1) is 0 Å². The van der Waals surface area contributed by atoms with Crippen molar-refractivity contribution in [3.05, 3.63) is 23.9 Å². The first-order valence-electron chi connectivity index (χ1n) is 6.13. The third-order valence-corrected chi connectivity index (χ3v) is 3.21. The van der Waals surface area contributed by atoms with Crippen molar-refractivity contribution in [3.8, 4) is 0 Å². The Morgan fingerprint density at radius 3 is 3.12 bits per heavy atom. The number of hydrogen-bond donors (Lipinski definition) is 1. The molecule has 1 unspecified atom stereocenters. The minimum Gasteiger partial charge on any atom is -0.373 e. The maximum absolute atomic E-state index is 12.0. The van der Waals surface area contributed by atoms with Crippen LogP contribution in [0.2, 0.25) is 0 Å². The summed E-state index contributed by atoms with van der Waals surface area (Å²) in [7, 11) is 1.85. The summed E-state index contributed by atoms with van der Waals surface area (Å²) in [6.45, 7) is 3.49. The van der Waals surface area contributed by atoms with E-state index in [9.17, 15) is 4.79 Å². The molecule has 1 saturated heterocycles. The van der Waals surface area contributed by atoms with E-state index in [0.717, 1.165) is 30.9 Å². The van der Waals surface area contributed by atoms with Gasteiger partial charge in [0.15, 0.2) is 0 Å². The van der Waals surface area contributed by atoms with Crippen molar-refractivity contribution in [2.75, 3.05) is 18.9 Å². The van der Waals surface area contributed by atoms with Crippen molar-refractivity contribution in [1.29, 1.82) is 0 Å². The molecule has 0 aliphatic carbocycles. The molecule has 0 bridgehead atoms. The number of pyridine rings is 1. The van der Waals surface area contributed by atoms with Gasteiger partial charge in [-0.1, -0.05) is 13.0 Å². The first-order valence-corrected chi connectivity index (χ1v) is 6.13. The van der Waals surface area contributed by atoms with E-state index in [4.69, 9.17) is 0 Å². The monoisotopic (exact) mass is 233 g/mol. The van der Waals surface area contributed by atoms with E-state index in [2.05, 4.69) is 10.3 Å². The number of piperidine rings is 1. The van der Waals surface area contributed by atoms with Gasteiger partial charge in [0.1, 0.15) is 5.82 Å². The average Bonchev–Trinajstić information content (AvgIpc) is 2.35. The summed E-state index contributed by atoms with van der Waals surface area (Å²) in [6, 6.07) is 5.85. The predicted octanol–water partition coefficient (Wildman–Crippen LogP) is 1.88. The average molecular weight is 233 g/mol. The van der Waals surface area contributed by atoms with Gasteiger partial charge in [-0.2, -0.15) is 0 Å². The van der Waals surface area contributed by atoms with Crippen molar-refractivity contribution in [2.45, 2.75) is 26.3 Å². The number of anilines is 1. The first-order chi connectivity index (χ1) is 8.20. The number of carbonyl (C=O) groups excluding carboxylic acids is 1. The van der Waals surface area contributed by atoms with Crippen LogP contribution in [0, 0.1) is 5.92 Å². The molecule has 0 spiro atoms. The van der Waals surface area contributed by atoms with Crippen LogP contribution in [0.4, 0.5) is 5.82 Å². The summed E-state index contributed by atoms with van der Waals surface area (Å²) in [5, 5.41) is 3.01. The van der Waals surface area contributed by atoms with Gasteiger partial charge in [-0.25, -0.2) is 4.98 Å². The summed E-state index contributed by atoms with van der Waals surface area (Å²) < 4.78 is 0. The summed E-state index contributed by atoms with van der Waals surface area (Å²) in [5.74, 6) is 1.27. The highest BCUT2D eigenvalue weighted by atomic mass is 16.2. The fourth-order valence-electron chi connectivity index (χ4n) is 2.19. The molecular weight excluding hydrogens is 214 g/mol. The van der Waals surface area contributed by atoms with Gasteiger partial charge in [0.05, 0.1) is 12.2 Å². The zero-order valence-electron chi connectivity index (χ0n) is 10.4. The summed E-state index contributed by atoms with van der Waals surface area (Å²) in [4.78, 5) is 18.3. The Labute approximate surface area is 102 Å². The molecule has 0 aromatic carbocycles. The van der Waals surface area contributed by atoms with Gasteiger partial charge in [0.2, 0.25) is 5.91 Å². The van der Waals surface area contributed by atoms with Crippen molar-refractivity contribution in [2.24, 2.45) is 5.92 Å². The quantitative estimate of drug-likeness (QED) is 0.867. The molecule has 1 aromatic heterocycles. The first kappa shape index (κ1) is 11.9. The van der Waals surface area contributed by atoms with Crippen LogP contribution in [0.5, 0.6) is 0 Å². The lowest BCUT2D eigenvalue weighted by Crippen LogP contribution is -2.39. The minimum atomic E-state index is 0.163. The molecule has 1 atom stereocenters. The zero-order chi connectivity index (χ0) is 12.3. The molecule has 2 heterocycles. The van der Waals surface area contributed by atoms with Crippen molar-refractivity contribution in [1.82, 2.24) is 9.88 Å². The van der Waals surface area contributed by atoms with Crippen molar-refractivity contribution >= 4 is 11.7 Å². The van der Waals surface area contributed by atoms with E-state index in [0.29, 0.717) is 6.54 Å². The highest BCUT2D eigenvalue weighted by Gasteiger charge is 2.25. The highest BCUT2D eigenvalue weighted by molar-refractivity contribution is 5.79. The molecule has 17 heavy (non-hydrogen) atoms. The molecule has 4 heteroatoms. The molecule has 1 aliphatic heterocycles. The summed E-state index contributed by atoms with van der Waals surface area (Å²) in [5.41, 5.74) is 0.944. The third kappa shape index (κ3) is 2.75. The number of rotatable bonds is 3. The van der Waals surface area contributed by atoms with Crippen LogP contribution >= 0.6 is 0 Å². The minimum absolute atomic E-state index is 0.163. The Kier molecular flexibility index (Phi) is 3.61. The summed E-state index contributed by atoms with van der Waals surface area (Å²) >= 11 is 0. The van der Waals surface area contributed by atoms with Gasteiger partial charge in [-0.3, -0.25) is 4.79 Å². The van der Waals surface area contributed by atoms with Crippen LogP contribution in [0.25, 0.3) is 0 Å². The van der Waals surface area contributed by atoms with Crippen LogP contribution < -0.4 is 5.32 Å². The number of carbonyl (C=O) groups is 1. The summed E-state index contributed by atoms with van der Waals surface area (Å²) in [6.07, 6.45) is 2.11. The number of aromatic nitrogens is 1. The van der Waals surface area contributed by atoms with E-state index in [1.165, 1.54) is 0 Å². The lowest BCUT2D eigenvalue weighted by molar-refractivity contribution is -0.138. The molecule has 1 amide bonds. The Bertz CT molecular complexity index is 405. The van der Waals surface area contributed by atoms with E-state index in [1.807, 2.05) is 37.1 Å². The molecule has 1 N–H and O–H groups in total. The Balaban J connectivity index is 2.06. The van der Waals surface area contributed by atoms with E-state index >= 15 is 0 Å². The van der Waals surface area contributed by atoms with Crippen LogP contribution in [-0.2, 0) is 11.3 Å². The van der Waals surface area contributed by atoms with Gasteiger partial charge < -0.3 is 10.2 Å². The normalized spacial score (nSPS) is 20.5. The maximum Gasteiger partial charge on any atom is 0.225 e. The van der Waals surface area contributed by atoms with Crippen LogP contribution in [-0.4, -0.2) is 29.4 Å². The molecule has 2 rings (SSSR count).